The highest BCUT2D eigenvalue weighted by atomic mass is 16.5. The summed E-state index contributed by atoms with van der Waals surface area (Å²) in [5, 5.41) is 0. The minimum absolute atomic E-state index is 0.224. The number of ether oxygens (including phenoxy) is 1. The number of aryl methyl sites for hydroxylation is 1. The Bertz CT molecular complexity index is 985. The molecule has 2 aliphatic rings. The second-order valence-electron chi connectivity index (χ2n) is 8.81. The molecule has 2 heterocycles. The molecule has 2 aromatic carbocycles. The van der Waals surface area contributed by atoms with E-state index >= 15 is 0 Å². The van der Waals surface area contributed by atoms with Crippen LogP contribution in [0.4, 0.5) is 5.69 Å². The van der Waals surface area contributed by atoms with Crippen LogP contribution in [0.2, 0.25) is 0 Å². The van der Waals surface area contributed by atoms with Crippen LogP contribution in [0.15, 0.2) is 36.4 Å². The van der Waals surface area contributed by atoms with Gasteiger partial charge in [-0.2, -0.15) is 0 Å². The van der Waals surface area contributed by atoms with Gasteiger partial charge in [-0.05, 0) is 80.1 Å². The summed E-state index contributed by atoms with van der Waals surface area (Å²) >= 11 is 0. The van der Waals surface area contributed by atoms with Gasteiger partial charge in [0.05, 0.1) is 12.8 Å². The molecule has 2 aliphatic heterocycles. The van der Waals surface area contributed by atoms with Gasteiger partial charge in [0.25, 0.3) is 0 Å². The third-order valence-electron chi connectivity index (χ3n) is 6.84. The highest BCUT2D eigenvalue weighted by Crippen LogP contribution is 2.37. The summed E-state index contributed by atoms with van der Waals surface area (Å²) in [6, 6.07) is 12.3. The van der Waals surface area contributed by atoms with Gasteiger partial charge in [-0.15, -0.1) is 0 Å². The van der Waals surface area contributed by atoms with Gasteiger partial charge in [0.2, 0.25) is 5.91 Å². The molecule has 1 amide bonds. The lowest BCUT2D eigenvalue weighted by atomic mass is 9.94. The van der Waals surface area contributed by atoms with Gasteiger partial charge in [-0.3, -0.25) is 9.59 Å². The van der Waals surface area contributed by atoms with Crippen molar-refractivity contribution in [2.24, 2.45) is 0 Å². The molecule has 4 rings (SSSR count). The first-order valence-corrected chi connectivity index (χ1v) is 11.9. The molecule has 5 heteroatoms. The molecule has 0 N–H and O–H groups in total. The highest BCUT2D eigenvalue weighted by Gasteiger charge is 2.31. The van der Waals surface area contributed by atoms with Crippen LogP contribution in [0.1, 0.15) is 59.7 Å². The summed E-state index contributed by atoms with van der Waals surface area (Å²) in [7, 11) is 1.72. The highest BCUT2D eigenvalue weighted by molar-refractivity contribution is 6.02. The maximum absolute atomic E-state index is 12.9. The number of carbonyl (C=O) groups excluding carboxylic acids is 2. The van der Waals surface area contributed by atoms with Crippen LogP contribution in [-0.4, -0.2) is 49.9 Å². The Kier molecular flexibility index (Phi) is 7.26. The molecule has 0 bridgehead atoms. The van der Waals surface area contributed by atoms with E-state index < -0.39 is 0 Å². The summed E-state index contributed by atoms with van der Waals surface area (Å²) in [5.74, 6) is 1.41. The van der Waals surface area contributed by atoms with Crippen molar-refractivity contribution in [3.63, 3.8) is 0 Å². The number of methoxy groups -OCH3 is 1. The predicted molar refractivity (Wildman–Crippen MR) is 128 cm³/mol. The standard InChI is InChI=1S/C27H34N2O3/c1-3-28(16-13-20-8-4-5-10-25(20)32-2)15-7-6-9-24(30)23-18-21-11-12-26(31)29-17-14-22(19-23)27(21)29/h4-5,8,10,18-19H,3,6-7,9,11-17H2,1-2H3. The van der Waals surface area contributed by atoms with Crippen LogP contribution in [0.5, 0.6) is 5.75 Å². The number of hydrogen-bond acceptors (Lipinski definition) is 4. The maximum atomic E-state index is 12.9. The summed E-state index contributed by atoms with van der Waals surface area (Å²) in [4.78, 5) is 29.3. The van der Waals surface area contributed by atoms with E-state index in [0.29, 0.717) is 12.8 Å². The molecule has 0 aliphatic carbocycles. The lowest BCUT2D eigenvalue weighted by molar-refractivity contribution is -0.118. The van der Waals surface area contributed by atoms with Gasteiger partial charge in [-0.25, -0.2) is 0 Å². The second-order valence-corrected chi connectivity index (χ2v) is 8.81. The van der Waals surface area contributed by atoms with E-state index in [2.05, 4.69) is 24.0 Å². The van der Waals surface area contributed by atoms with Crippen molar-refractivity contribution in [2.75, 3.05) is 38.2 Å². The van der Waals surface area contributed by atoms with E-state index in [9.17, 15) is 9.59 Å². The zero-order valence-electron chi connectivity index (χ0n) is 19.4. The van der Waals surface area contributed by atoms with Crippen LogP contribution in [0.25, 0.3) is 0 Å². The molecule has 32 heavy (non-hydrogen) atoms. The first-order valence-electron chi connectivity index (χ1n) is 11.9. The topological polar surface area (TPSA) is 49.9 Å². The Morgan fingerprint density at radius 3 is 2.62 bits per heavy atom. The predicted octanol–water partition coefficient (Wildman–Crippen LogP) is 4.45. The quantitative estimate of drug-likeness (QED) is 0.387. The largest absolute Gasteiger partial charge is 0.496 e. The molecular formula is C27H34N2O3. The monoisotopic (exact) mass is 434 g/mol. The van der Waals surface area contributed by atoms with Crippen LogP contribution in [0, 0.1) is 0 Å². The van der Waals surface area contributed by atoms with Crippen molar-refractivity contribution in [3.8, 4) is 5.75 Å². The number of carbonyl (C=O) groups is 2. The van der Waals surface area contributed by atoms with Crippen molar-refractivity contribution in [1.29, 1.82) is 0 Å². The van der Waals surface area contributed by atoms with E-state index in [4.69, 9.17) is 4.74 Å². The second kappa shape index (κ2) is 10.3. The number of unbranched alkanes of at least 4 members (excludes halogenated alkanes) is 1. The number of benzene rings is 2. The van der Waals surface area contributed by atoms with E-state index in [1.807, 2.05) is 29.2 Å². The Morgan fingerprint density at radius 2 is 1.84 bits per heavy atom. The number of anilines is 1. The Hall–Kier alpha value is -2.66. The van der Waals surface area contributed by atoms with E-state index in [1.165, 1.54) is 16.7 Å². The number of hydrogen-bond donors (Lipinski definition) is 0. The number of likely N-dealkylation sites (N-methyl/N-ethyl adjacent to an activating group) is 1. The molecule has 0 spiro atoms. The number of para-hydroxylation sites is 1. The van der Waals surface area contributed by atoms with Gasteiger partial charge in [0, 0.05) is 31.5 Å². The molecule has 0 atom stereocenters. The summed E-state index contributed by atoms with van der Waals surface area (Å²) in [5.41, 5.74) is 5.51. The average Bonchev–Trinajstić information content (AvgIpc) is 3.26. The molecule has 0 unspecified atom stereocenters. The fourth-order valence-corrected chi connectivity index (χ4v) is 5.00. The maximum Gasteiger partial charge on any atom is 0.227 e. The van der Waals surface area contributed by atoms with E-state index in [0.717, 1.165) is 75.3 Å². The number of Topliss-reactive ketones (excluding diaryl/α,β-unsaturated/α-hetero) is 1. The van der Waals surface area contributed by atoms with Gasteiger partial charge in [0.15, 0.2) is 5.78 Å². The molecule has 2 aromatic rings. The van der Waals surface area contributed by atoms with Gasteiger partial charge in [-0.1, -0.05) is 25.1 Å². The Balaban J connectivity index is 1.26. The summed E-state index contributed by atoms with van der Waals surface area (Å²) in [6.07, 6.45) is 5.67. The lowest BCUT2D eigenvalue weighted by Gasteiger charge is -2.25. The lowest BCUT2D eigenvalue weighted by Crippen LogP contribution is -2.32. The first kappa shape index (κ1) is 22.5. The van der Waals surface area contributed by atoms with Crippen molar-refractivity contribution in [2.45, 2.75) is 51.9 Å². The van der Waals surface area contributed by atoms with Gasteiger partial charge in [0.1, 0.15) is 5.75 Å². The molecular weight excluding hydrogens is 400 g/mol. The number of ketones is 1. The molecule has 170 valence electrons. The minimum Gasteiger partial charge on any atom is -0.496 e. The van der Waals surface area contributed by atoms with Crippen LogP contribution in [-0.2, 0) is 24.1 Å². The molecule has 0 saturated carbocycles. The van der Waals surface area contributed by atoms with E-state index in [1.54, 1.807) is 7.11 Å². The van der Waals surface area contributed by atoms with Crippen LogP contribution in [0.3, 0.4) is 0 Å². The van der Waals surface area contributed by atoms with Crippen molar-refractivity contribution < 1.29 is 14.3 Å². The third-order valence-corrected chi connectivity index (χ3v) is 6.84. The number of amides is 1. The normalized spacial score (nSPS) is 14.7. The van der Waals surface area contributed by atoms with Crippen LogP contribution >= 0.6 is 0 Å². The van der Waals surface area contributed by atoms with Crippen LogP contribution < -0.4 is 9.64 Å². The fourth-order valence-electron chi connectivity index (χ4n) is 5.00. The zero-order valence-corrected chi connectivity index (χ0v) is 19.4. The van der Waals surface area contributed by atoms with Gasteiger partial charge >= 0.3 is 0 Å². The molecule has 0 saturated heterocycles. The van der Waals surface area contributed by atoms with E-state index in [-0.39, 0.29) is 11.7 Å². The molecule has 0 radical (unpaired) electrons. The average molecular weight is 435 g/mol. The van der Waals surface area contributed by atoms with Gasteiger partial charge < -0.3 is 14.5 Å². The summed E-state index contributed by atoms with van der Waals surface area (Å²) in [6.45, 7) is 5.96. The van der Waals surface area contributed by atoms with Crippen molar-refractivity contribution >= 4 is 17.4 Å². The number of rotatable bonds is 11. The molecule has 5 nitrogen and oxygen atoms in total. The smallest absolute Gasteiger partial charge is 0.227 e. The van der Waals surface area contributed by atoms with Crippen molar-refractivity contribution in [1.82, 2.24) is 4.90 Å². The Labute approximate surface area is 191 Å². The summed E-state index contributed by atoms with van der Waals surface area (Å²) < 4.78 is 5.46. The number of nitrogens with zero attached hydrogens (tertiary/aromatic N) is 2. The van der Waals surface area contributed by atoms with Crippen molar-refractivity contribution in [3.05, 3.63) is 58.7 Å². The molecule has 0 aromatic heterocycles. The fraction of sp³-hybridized carbons (Fsp3) is 0.481. The zero-order chi connectivity index (χ0) is 22.5. The molecule has 0 fully saturated rings. The third kappa shape index (κ3) is 4.88. The first-order chi connectivity index (χ1) is 15.6. The minimum atomic E-state index is 0.224. The Morgan fingerprint density at radius 1 is 1.06 bits per heavy atom. The SMILES string of the molecule is CCN(CCCCC(=O)c1cc2c3c(c1)CCN3C(=O)CC2)CCc1ccccc1OC.